The van der Waals surface area contributed by atoms with Crippen LogP contribution in [0.2, 0.25) is 0 Å². The largest absolute Gasteiger partial charge is 0.286 e. The molecule has 96 valence electrons. The van der Waals surface area contributed by atoms with Gasteiger partial charge in [-0.15, -0.1) is 0 Å². The number of hydrogen-bond donors (Lipinski definition) is 0. The van der Waals surface area contributed by atoms with Crippen LogP contribution in [0, 0.1) is 17.2 Å². The Morgan fingerprint density at radius 2 is 1.88 bits per heavy atom. The topological polar surface area (TPSA) is 27.0 Å². The number of nitriles is 1. The molecule has 0 spiro atoms. The van der Waals surface area contributed by atoms with Crippen LogP contribution in [-0.4, -0.2) is 23.5 Å². The van der Waals surface area contributed by atoms with Gasteiger partial charge in [0.05, 0.1) is 6.07 Å². The molecule has 2 heteroatoms. The predicted octanol–water partition coefficient (Wildman–Crippen LogP) is 3.72. The Balaban J connectivity index is 2.05. The average Bonchev–Trinajstić information content (AvgIpc) is 2.62. The van der Waals surface area contributed by atoms with E-state index in [1.807, 2.05) is 0 Å². The maximum atomic E-state index is 9.69. The second kappa shape index (κ2) is 5.87. The van der Waals surface area contributed by atoms with Gasteiger partial charge in [-0.1, -0.05) is 32.6 Å². The quantitative estimate of drug-likeness (QED) is 0.681. The van der Waals surface area contributed by atoms with E-state index >= 15 is 0 Å². The van der Waals surface area contributed by atoms with E-state index in [2.05, 4.69) is 17.9 Å². The Morgan fingerprint density at radius 3 is 2.53 bits per heavy atom. The Morgan fingerprint density at radius 1 is 1.12 bits per heavy atom. The van der Waals surface area contributed by atoms with Gasteiger partial charge in [-0.3, -0.25) is 4.90 Å². The van der Waals surface area contributed by atoms with Gasteiger partial charge in [-0.25, -0.2) is 0 Å². The molecule has 17 heavy (non-hydrogen) atoms. The van der Waals surface area contributed by atoms with Gasteiger partial charge in [-0.05, 0) is 51.1 Å². The summed E-state index contributed by atoms with van der Waals surface area (Å²) < 4.78 is 0. The minimum Gasteiger partial charge on any atom is -0.286 e. The molecule has 2 unspecified atom stereocenters. The normalized spacial score (nSPS) is 36.1. The van der Waals surface area contributed by atoms with E-state index in [1.54, 1.807) is 0 Å². The van der Waals surface area contributed by atoms with Crippen LogP contribution in [0.4, 0.5) is 0 Å². The molecule has 2 fully saturated rings. The van der Waals surface area contributed by atoms with Gasteiger partial charge >= 0.3 is 0 Å². The average molecular weight is 234 g/mol. The minimum atomic E-state index is -0.107. The zero-order valence-corrected chi connectivity index (χ0v) is 11.2. The number of nitrogens with zero attached hydrogens (tertiary/aromatic N) is 2. The molecule has 1 aliphatic heterocycles. The zero-order chi connectivity index (χ0) is 12.1. The first kappa shape index (κ1) is 12.9. The van der Waals surface area contributed by atoms with Crippen molar-refractivity contribution in [1.82, 2.24) is 4.90 Å². The second-order valence-electron chi connectivity index (χ2n) is 5.90. The molecule has 0 N–H and O–H groups in total. The number of piperidine rings is 1. The van der Waals surface area contributed by atoms with Crippen LogP contribution in [-0.2, 0) is 0 Å². The van der Waals surface area contributed by atoms with Gasteiger partial charge in [0.25, 0.3) is 0 Å². The lowest BCUT2D eigenvalue weighted by atomic mass is 9.87. The van der Waals surface area contributed by atoms with Crippen LogP contribution >= 0.6 is 0 Å². The van der Waals surface area contributed by atoms with E-state index in [4.69, 9.17) is 0 Å². The Bertz CT molecular complexity index is 275. The van der Waals surface area contributed by atoms with E-state index in [1.165, 1.54) is 44.9 Å². The molecular weight excluding hydrogens is 208 g/mol. The first-order valence-corrected chi connectivity index (χ1v) is 7.47. The van der Waals surface area contributed by atoms with Gasteiger partial charge in [0, 0.05) is 0 Å². The maximum absolute atomic E-state index is 9.69. The van der Waals surface area contributed by atoms with Crippen molar-refractivity contribution in [2.45, 2.75) is 70.3 Å². The molecule has 2 atom stereocenters. The smallest absolute Gasteiger partial charge is 0.109 e. The molecule has 1 aliphatic carbocycles. The van der Waals surface area contributed by atoms with Crippen molar-refractivity contribution < 1.29 is 0 Å². The van der Waals surface area contributed by atoms with Gasteiger partial charge in [-0.2, -0.15) is 5.26 Å². The van der Waals surface area contributed by atoms with Crippen LogP contribution < -0.4 is 0 Å². The zero-order valence-electron chi connectivity index (χ0n) is 11.2. The summed E-state index contributed by atoms with van der Waals surface area (Å²) >= 11 is 0. The van der Waals surface area contributed by atoms with E-state index < -0.39 is 0 Å². The molecule has 0 aromatic carbocycles. The van der Waals surface area contributed by atoms with Crippen molar-refractivity contribution >= 4 is 0 Å². The van der Waals surface area contributed by atoms with Gasteiger partial charge < -0.3 is 0 Å². The lowest BCUT2D eigenvalue weighted by Crippen LogP contribution is -2.49. The third-order valence-electron chi connectivity index (χ3n) is 4.92. The lowest BCUT2D eigenvalue weighted by Gasteiger charge is -2.40. The Kier molecular flexibility index (Phi) is 4.45. The van der Waals surface area contributed by atoms with E-state index in [0.29, 0.717) is 0 Å². The summed E-state index contributed by atoms with van der Waals surface area (Å²) in [7, 11) is 0. The third kappa shape index (κ3) is 2.83. The summed E-state index contributed by atoms with van der Waals surface area (Å²) in [6, 6.07) is 2.70. The van der Waals surface area contributed by atoms with Crippen molar-refractivity contribution in [1.29, 1.82) is 5.26 Å². The molecule has 1 saturated carbocycles. The monoisotopic (exact) mass is 234 g/mol. The predicted molar refractivity (Wildman–Crippen MR) is 70.6 cm³/mol. The summed E-state index contributed by atoms with van der Waals surface area (Å²) in [5.74, 6) is 0.870. The highest BCUT2D eigenvalue weighted by atomic mass is 15.2. The molecule has 0 radical (unpaired) electrons. The van der Waals surface area contributed by atoms with Crippen molar-refractivity contribution in [3.63, 3.8) is 0 Å². The molecular formula is C15H26N2. The van der Waals surface area contributed by atoms with E-state index in [-0.39, 0.29) is 5.54 Å². The first-order chi connectivity index (χ1) is 8.30. The van der Waals surface area contributed by atoms with Crippen LogP contribution in [0.1, 0.15) is 64.7 Å². The number of rotatable bonds is 2. The maximum Gasteiger partial charge on any atom is 0.109 e. The van der Waals surface area contributed by atoms with Crippen LogP contribution in [0.15, 0.2) is 0 Å². The fraction of sp³-hybridized carbons (Fsp3) is 0.933. The fourth-order valence-electron chi connectivity index (χ4n) is 3.62. The van der Waals surface area contributed by atoms with E-state index in [9.17, 15) is 5.26 Å². The highest BCUT2D eigenvalue weighted by Crippen LogP contribution is 2.36. The number of hydrogen-bond acceptors (Lipinski definition) is 2. The van der Waals surface area contributed by atoms with Crippen LogP contribution in [0.5, 0.6) is 0 Å². The van der Waals surface area contributed by atoms with Crippen molar-refractivity contribution in [2.75, 3.05) is 13.1 Å². The lowest BCUT2D eigenvalue weighted by molar-refractivity contribution is 0.0954. The standard InChI is InChI=1S/C15H26N2/c1-2-14-7-6-9-15(13-16,10-8-14)17-11-4-3-5-12-17/h14H,2-12H2,1H3. The summed E-state index contributed by atoms with van der Waals surface area (Å²) in [5.41, 5.74) is -0.107. The van der Waals surface area contributed by atoms with Crippen molar-refractivity contribution in [2.24, 2.45) is 5.92 Å². The Hall–Kier alpha value is -0.550. The van der Waals surface area contributed by atoms with Gasteiger partial charge in [0.15, 0.2) is 0 Å². The molecule has 0 aromatic rings. The molecule has 2 rings (SSSR count). The van der Waals surface area contributed by atoms with Crippen molar-refractivity contribution in [3.05, 3.63) is 0 Å². The summed E-state index contributed by atoms with van der Waals surface area (Å²) in [6.07, 6.45) is 11.3. The van der Waals surface area contributed by atoms with E-state index in [0.717, 1.165) is 31.8 Å². The van der Waals surface area contributed by atoms with Crippen molar-refractivity contribution in [3.8, 4) is 6.07 Å². The molecule has 0 aromatic heterocycles. The summed E-state index contributed by atoms with van der Waals surface area (Å²) in [6.45, 7) is 4.61. The fourth-order valence-corrected chi connectivity index (χ4v) is 3.62. The third-order valence-corrected chi connectivity index (χ3v) is 4.92. The first-order valence-electron chi connectivity index (χ1n) is 7.47. The summed E-state index contributed by atoms with van der Waals surface area (Å²) in [4.78, 5) is 2.51. The highest BCUT2D eigenvalue weighted by molar-refractivity contribution is 5.09. The van der Waals surface area contributed by atoms with Gasteiger partial charge in [0.1, 0.15) is 5.54 Å². The minimum absolute atomic E-state index is 0.107. The number of likely N-dealkylation sites (tertiary alicyclic amines) is 1. The van der Waals surface area contributed by atoms with Crippen LogP contribution in [0.25, 0.3) is 0 Å². The molecule has 2 nitrogen and oxygen atoms in total. The SMILES string of the molecule is CCC1CCCC(C#N)(N2CCCCC2)CC1. The molecule has 1 saturated heterocycles. The van der Waals surface area contributed by atoms with Gasteiger partial charge in [0.2, 0.25) is 0 Å². The molecule has 0 bridgehead atoms. The summed E-state index contributed by atoms with van der Waals surface area (Å²) in [5, 5.41) is 9.69. The Labute approximate surface area is 106 Å². The second-order valence-corrected chi connectivity index (χ2v) is 5.90. The highest BCUT2D eigenvalue weighted by Gasteiger charge is 2.38. The van der Waals surface area contributed by atoms with Crippen LogP contribution in [0.3, 0.4) is 0 Å². The molecule has 1 heterocycles. The molecule has 0 amide bonds. The molecule has 2 aliphatic rings.